The molecule has 2 aromatic carbocycles. The Balaban J connectivity index is 1.66. The minimum absolute atomic E-state index is 0.00167. The van der Waals surface area contributed by atoms with Gasteiger partial charge in [-0.1, -0.05) is 74.4 Å². The molecule has 0 fully saturated rings. The highest BCUT2D eigenvalue weighted by Crippen LogP contribution is 2.44. The Labute approximate surface area is 165 Å². The van der Waals surface area contributed by atoms with Crippen LogP contribution in [0.1, 0.15) is 43.2 Å². The molecule has 1 aliphatic carbocycles. The number of ether oxygens (including phenoxy) is 1. The van der Waals surface area contributed by atoms with Gasteiger partial charge in [0.25, 0.3) is 0 Å². The Bertz CT molecular complexity index is 829. The van der Waals surface area contributed by atoms with E-state index in [0.717, 1.165) is 30.0 Å². The van der Waals surface area contributed by atoms with Crippen LogP contribution in [0.5, 0.6) is 0 Å². The minimum atomic E-state index is -1.03. The molecule has 0 aliphatic heterocycles. The van der Waals surface area contributed by atoms with Gasteiger partial charge in [-0.25, -0.2) is 9.59 Å². The molecule has 0 aromatic heterocycles. The molecule has 0 saturated carbocycles. The number of nitrogens with one attached hydrogen (secondary N) is 1. The lowest BCUT2D eigenvalue weighted by molar-refractivity contribution is -0.131. The molecule has 0 saturated heterocycles. The molecule has 3 rings (SSSR count). The van der Waals surface area contributed by atoms with E-state index in [1.165, 1.54) is 17.2 Å². The lowest BCUT2D eigenvalue weighted by Gasteiger charge is -2.17. The van der Waals surface area contributed by atoms with Crippen molar-refractivity contribution in [3.8, 4) is 11.1 Å². The average molecular weight is 379 g/mol. The highest BCUT2D eigenvalue weighted by molar-refractivity contribution is 5.80. The fourth-order valence-corrected chi connectivity index (χ4v) is 3.63. The van der Waals surface area contributed by atoms with E-state index in [9.17, 15) is 9.59 Å². The molecule has 5 heteroatoms. The van der Waals surface area contributed by atoms with Crippen LogP contribution < -0.4 is 5.32 Å². The molecular weight excluding hydrogens is 354 g/mol. The first-order chi connectivity index (χ1) is 13.6. The number of rotatable bonds is 8. The van der Waals surface area contributed by atoms with Gasteiger partial charge in [-0.3, -0.25) is 0 Å². The van der Waals surface area contributed by atoms with Crippen LogP contribution in [0.4, 0.5) is 4.79 Å². The van der Waals surface area contributed by atoms with Crippen molar-refractivity contribution in [2.75, 3.05) is 6.61 Å². The number of unbranched alkanes of at least 4 members (excludes halogenated alkanes) is 1. The third-order valence-electron chi connectivity index (χ3n) is 4.99. The topological polar surface area (TPSA) is 75.6 Å². The van der Waals surface area contributed by atoms with Crippen LogP contribution in [-0.4, -0.2) is 29.8 Å². The van der Waals surface area contributed by atoms with Crippen LogP contribution in [-0.2, 0) is 9.53 Å². The third-order valence-corrected chi connectivity index (χ3v) is 4.99. The Morgan fingerprint density at radius 3 is 2.29 bits per heavy atom. The monoisotopic (exact) mass is 379 g/mol. The second-order valence-corrected chi connectivity index (χ2v) is 6.92. The van der Waals surface area contributed by atoms with Gasteiger partial charge in [0.05, 0.1) is 6.04 Å². The SMILES string of the molecule is CCCC[C@@H](/C=C/C(=O)O)NC(=O)OCC1c2ccccc2-c2ccccc21. The Kier molecular flexibility index (Phi) is 6.48. The predicted octanol–water partition coefficient (Wildman–Crippen LogP) is 4.72. The molecular formula is C23H25NO4. The van der Waals surface area contributed by atoms with E-state index in [2.05, 4.69) is 29.6 Å². The summed E-state index contributed by atoms with van der Waals surface area (Å²) in [6, 6.07) is 16.0. The molecule has 2 aromatic rings. The first kappa shape index (κ1) is 19.7. The second-order valence-electron chi connectivity index (χ2n) is 6.92. The minimum Gasteiger partial charge on any atom is -0.478 e. The molecule has 0 bridgehead atoms. The van der Waals surface area contributed by atoms with Crippen LogP contribution >= 0.6 is 0 Å². The fourth-order valence-electron chi connectivity index (χ4n) is 3.63. The van der Waals surface area contributed by atoms with Crippen LogP contribution in [0.2, 0.25) is 0 Å². The molecule has 0 heterocycles. The maximum absolute atomic E-state index is 12.3. The number of carbonyl (C=O) groups excluding carboxylic acids is 1. The molecule has 1 aliphatic rings. The van der Waals surface area contributed by atoms with Crippen molar-refractivity contribution in [3.05, 3.63) is 71.8 Å². The Morgan fingerprint density at radius 2 is 1.71 bits per heavy atom. The highest BCUT2D eigenvalue weighted by atomic mass is 16.5. The lowest BCUT2D eigenvalue weighted by Crippen LogP contribution is -2.34. The summed E-state index contributed by atoms with van der Waals surface area (Å²) < 4.78 is 5.53. The summed E-state index contributed by atoms with van der Waals surface area (Å²) in [6.07, 6.45) is 4.55. The van der Waals surface area contributed by atoms with Crippen molar-refractivity contribution in [1.82, 2.24) is 5.32 Å². The molecule has 0 radical (unpaired) electrons. The number of carboxylic acids is 1. The number of amides is 1. The van der Waals surface area contributed by atoms with E-state index in [4.69, 9.17) is 9.84 Å². The van der Waals surface area contributed by atoms with E-state index in [-0.39, 0.29) is 18.6 Å². The Hall–Kier alpha value is -3.08. The zero-order chi connectivity index (χ0) is 19.9. The zero-order valence-electron chi connectivity index (χ0n) is 15.9. The van der Waals surface area contributed by atoms with Crippen molar-refractivity contribution in [1.29, 1.82) is 0 Å². The van der Waals surface area contributed by atoms with Crippen LogP contribution in [0.25, 0.3) is 11.1 Å². The van der Waals surface area contributed by atoms with Crippen molar-refractivity contribution < 1.29 is 19.4 Å². The van der Waals surface area contributed by atoms with Gasteiger partial charge in [0.1, 0.15) is 6.61 Å². The standard InChI is InChI=1S/C23H25NO4/c1-2-3-8-16(13-14-22(25)26)24-23(27)28-15-21-19-11-6-4-9-17(19)18-10-5-7-12-20(18)21/h4-7,9-14,16,21H,2-3,8,15H2,1H3,(H,24,27)(H,25,26)/b14-13+/t16-/m0/s1. The molecule has 1 amide bonds. The summed E-state index contributed by atoms with van der Waals surface area (Å²) >= 11 is 0. The largest absolute Gasteiger partial charge is 0.478 e. The molecule has 2 N–H and O–H groups in total. The van der Waals surface area contributed by atoms with Crippen molar-refractivity contribution in [2.24, 2.45) is 0 Å². The molecule has 28 heavy (non-hydrogen) atoms. The maximum atomic E-state index is 12.3. The van der Waals surface area contributed by atoms with Crippen LogP contribution in [0.3, 0.4) is 0 Å². The van der Waals surface area contributed by atoms with Crippen LogP contribution in [0, 0.1) is 0 Å². The van der Waals surface area contributed by atoms with Gasteiger partial charge in [0.2, 0.25) is 0 Å². The van der Waals surface area contributed by atoms with Gasteiger partial charge in [-0.05, 0) is 28.7 Å². The second kappa shape index (κ2) is 9.22. The Morgan fingerprint density at radius 1 is 1.11 bits per heavy atom. The van der Waals surface area contributed by atoms with Crippen LogP contribution in [0.15, 0.2) is 60.7 Å². The first-order valence-corrected chi connectivity index (χ1v) is 9.62. The lowest BCUT2D eigenvalue weighted by atomic mass is 9.98. The number of fused-ring (bicyclic) bond motifs is 3. The van der Waals surface area contributed by atoms with Crippen molar-refractivity contribution in [2.45, 2.75) is 38.1 Å². The molecule has 0 spiro atoms. The molecule has 0 unspecified atom stereocenters. The first-order valence-electron chi connectivity index (χ1n) is 9.62. The van der Waals surface area contributed by atoms with Gasteiger partial charge < -0.3 is 15.2 Å². The molecule has 1 atom stereocenters. The predicted molar refractivity (Wildman–Crippen MR) is 108 cm³/mol. The number of carboxylic acid groups (broad SMARTS) is 1. The summed E-state index contributed by atoms with van der Waals surface area (Å²) in [7, 11) is 0. The third kappa shape index (κ3) is 4.60. The number of alkyl carbamates (subject to hydrolysis) is 1. The quantitative estimate of drug-likeness (QED) is 0.651. The number of aliphatic carboxylic acids is 1. The summed E-state index contributed by atoms with van der Waals surface area (Å²) in [5.74, 6) is -1.03. The summed E-state index contributed by atoms with van der Waals surface area (Å²) in [5.41, 5.74) is 4.67. The highest BCUT2D eigenvalue weighted by Gasteiger charge is 2.29. The van der Waals surface area contributed by atoms with Crippen molar-refractivity contribution >= 4 is 12.1 Å². The number of hydrogen-bond acceptors (Lipinski definition) is 3. The fraction of sp³-hybridized carbons (Fsp3) is 0.304. The van der Waals surface area contributed by atoms with E-state index in [1.807, 2.05) is 31.2 Å². The van der Waals surface area contributed by atoms with E-state index in [1.54, 1.807) is 0 Å². The summed E-state index contributed by atoms with van der Waals surface area (Å²) in [5, 5.41) is 11.6. The number of carbonyl (C=O) groups is 2. The molecule has 146 valence electrons. The van der Waals surface area contributed by atoms with Crippen molar-refractivity contribution in [3.63, 3.8) is 0 Å². The van der Waals surface area contributed by atoms with E-state index in [0.29, 0.717) is 6.42 Å². The zero-order valence-corrected chi connectivity index (χ0v) is 15.9. The van der Waals surface area contributed by atoms with Gasteiger partial charge in [-0.2, -0.15) is 0 Å². The van der Waals surface area contributed by atoms with E-state index >= 15 is 0 Å². The average Bonchev–Trinajstić information content (AvgIpc) is 3.02. The number of benzene rings is 2. The number of hydrogen-bond donors (Lipinski definition) is 2. The van der Waals surface area contributed by atoms with E-state index < -0.39 is 12.1 Å². The summed E-state index contributed by atoms with van der Waals surface area (Å²) in [4.78, 5) is 23.1. The smallest absolute Gasteiger partial charge is 0.407 e. The van der Waals surface area contributed by atoms with Gasteiger partial charge in [0, 0.05) is 12.0 Å². The molecule has 5 nitrogen and oxygen atoms in total. The van der Waals surface area contributed by atoms with Gasteiger partial charge >= 0.3 is 12.1 Å². The van der Waals surface area contributed by atoms with Gasteiger partial charge in [-0.15, -0.1) is 0 Å². The normalized spacial score (nSPS) is 13.8. The van der Waals surface area contributed by atoms with Gasteiger partial charge in [0.15, 0.2) is 0 Å². The summed E-state index contributed by atoms with van der Waals surface area (Å²) in [6.45, 7) is 2.29. The maximum Gasteiger partial charge on any atom is 0.407 e.